The molecule has 0 saturated heterocycles. The van der Waals surface area contributed by atoms with Gasteiger partial charge in [-0.1, -0.05) is 0 Å². The van der Waals surface area contributed by atoms with Gasteiger partial charge >= 0.3 is 5.97 Å². The van der Waals surface area contributed by atoms with E-state index in [9.17, 15) is 4.79 Å². The molecule has 1 aromatic rings. The van der Waals surface area contributed by atoms with Crippen LogP contribution in [0.1, 0.15) is 18.6 Å². The van der Waals surface area contributed by atoms with Crippen molar-refractivity contribution in [3.8, 4) is 0 Å². The standard InChI is InChI=1S/C7H8O3/c1-5(7(8)9)6-3-2-4-10-6/h2-5H,1H3,(H,8,9). The molecule has 0 aromatic carbocycles. The van der Waals surface area contributed by atoms with Crippen LogP contribution >= 0.6 is 0 Å². The lowest BCUT2D eigenvalue weighted by atomic mass is 10.1. The third-order valence-electron chi connectivity index (χ3n) is 1.34. The monoisotopic (exact) mass is 140 g/mol. The molecule has 3 heteroatoms. The predicted octanol–water partition coefficient (Wildman–Crippen LogP) is 1.47. The van der Waals surface area contributed by atoms with Gasteiger partial charge in [-0.25, -0.2) is 0 Å². The highest BCUT2D eigenvalue weighted by atomic mass is 16.4. The van der Waals surface area contributed by atoms with Crippen molar-refractivity contribution in [1.29, 1.82) is 0 Å². The van der Waals surface area contributed by atoms with Crippen molar-refractivity contribution < 1.29 is 14.3 Å². The van der Waals surface area contributed by atoms with Crippen LogP contribution in [0.4, 0.5) is 0 Å². The molecule has 1 rings (SSSR count). The molecule has 0 saturated carbocycles. The van der Waals surface area contributed by atoms with Crippen LogP contribution in [-0.4, -0.2) is 11.1 Å². The Bertz CT molecular complexity index is 213. The van der Waals surface area contributed by atoms with Crippen LogP contribution in [0.5, 0.6) is 0 Å². The van der Waals surface area contributed by atoms with E-state index in [1.807, 2.05) is 0 Å². The Labute approximate surface area is 58.3 Å². The van der Waals surface area contributed by atoms with Gasteiger partial charge in [-0.2, -0.15) is 0 Å². The second kappa shape index (κ2) is 2.56. The third kappa shape index (κ3) is 1.18. The van der Waals surface area contributed by atoms with Crippen LogP contribution in [-0.2, 0) is 4.79 Å². The number of carbonyl (C=O) groups is 1. The van der Waals surface area contributed by atoms with Crippen molar-refractivity contribution in [2.24, 2.45) is 0 Å². The van der Waals surface area contributed by atoms with E-state index in [0.717, 1.165) is 0 Å². The first-order valence-electron chi connectivity index (χ1n) is 2.98. The van der Waals surface area contributed by atoms with Crippen molar-refractivity contribution in [2.45, 2.75) is 12.8 Å². The van der Waals surface area contributed by atoms with Crippen LogP contribution in [0.2, 0.25) is 0 Å². The maximum atomic E-state index is 10.3. The van der Waals surface area contributed by atoms with Crippen molar-refractivity contribution >= 4 is 5.97 Å². The summed E-state index contributed by atoms with van der Waals surface area (Å²) in [7, 11) is 0. The summed E-state index contributed by atoms with van der Waals surface area (Å²) < 4.78 is 4.88. The summed E-state index contributed by atoms with van der Waals surface area (Å²) in [6.07, 6.45) is 1.47. The zero-order valence-electron chi connectivity index (χ0n) is 5.57. The molecule has 1 atom stereocenters. The highest BCUT2D eigenvalue weighted by Gasteiger charge is 2.15. The summed E-state index contributed by atoms with van der Waals surface area (Å²) >= 11 is 0. The molecule has 1 unspecified atom stereocenters. The average molecular weight is 140 g/mol. The largest absolute Gasteiger partial charge is 0.481 e. The number of furan rings is 1. The first-order valence-corrected chi connectivity index (χ1v) is 2.98. The first kappa shape index (κ1) is 6.86. The Balaban J connectivity index is 2.77. The van der Waals surface area contributed by atoms with Crippen LogP contribution < -0.4 is 0 Å². The zero-order valence-corrected chi connectivity index (χ0v) is 5.57. The normalized spacial score (nSPS) is 12.9. The number of aliphatic carboxylic acids is 1. The Morgan fingerprint density at radius 2 is 2.50 bits per heavy atom. The van der Waals surface area contributed by atoms with Gasteiger partial charge in [-0.05, 0) is 19.1 Å². The van der Waals surface area contributed by atoms with Gasteiger partial charge in [0, 0.05) is 0 Å². The average Bonchev–Trinajstić information content (AvgIpc) is 2.36. The quantitative estimate of drug-likeness (QED) is 0.676. The summed E-state index contributed by atoms with van der Waals surface area (Å²) in [4.78, 5) is 10.3. The molecule has 10 heavy (non-hydrogen) atoms. The highest BCUT2D eigenvalue weighted by molar-refractivity contribution is 5.74. The van der Waals surface area contributed by atoms with E-state index in [1.54, 1.807) is 19.1 Å². The highest BCUT2D eigenvalue weighted by Crippen LogP contribution is 2.14. The summed E-state index contributed by atoms with van der Waals surface area (Å²) in [6.45, 7) is 1.58. The molecule has 0 amide bonds. The number of rotatable bonds is 2. The van der Waals surface area contributed by atoms with Gasteiger partial charge in [-0.15, -0.1) is 0 Å². The smallest absolute Gasteiger partial charge is 0.313 e. The minimum atomic E-state index is -0.866. The van der Waals surface area contributed by atoms with Gasteiger partial charge in [0.05, 0.1) is 6.26 Å². The molecular weight excluding hydrogens is 132 g/mol. The van der Waals surface area contributed by atoms with Crippen molar-refractivity contribution in [3.63, 3.8) is 0 Å². The van der Waals surface area contributed by atoms with Crippen LogP contribution in [0.25, 0.3) is 0 Å². The number of hydrogen-bond acceptors (Lipinski definition) is 2. The van der Waals surface area contributed by atoms with E-state index in [2.05, 4.69) is 0 Å². The number of carboxylic acids is 1. The van der Waals surface area contributed by atoms with Gasteiger partial charge in [0.25, 0.3) is 0 Å². The lowest BCUT2D eigenvalue weighted by Gasteiger charge is -1.98. The second-order valence-electron chi connectivity index (χ2n) is 2.08. The SMILES string of the molecule is CC(C(=O)O)c1ccco1. The van der Waals surface area contributed by atoms with E-state index < -0.39 is 11.9 Å². The molecular formula is C7H8O3. The molecule has 1 heterocycles. The Morgan fingerprint density at radius 3 is 2.90 bits per heavy atom. The topological polar surface area (TPSA) is 50.4 Å². The molecule has 0 spiro atoms. The third-order valence-corrected chi connectivity index (χ3v) is 1.34. The van der Waals surface area contributed by atoms with E-state index in [0.29, 0.717) is 5.76 Å². The lowest BCUT2D eigenvalue weighted by Crippen LogP contribution is -2.05. The van der Waals surface area contributed by atoms with Gasteiger partial charge in [0.2, 0.25) is 0 Å². The van der Waals surface area contributed by atoms with E-state index in [4.69, 9.17) is 9.52 Å². The molecule has 0 bridgehead atoms. The Kier molecular flexibility index (Phi) is 1.76. The maximum Gasteiger partial charge on any atom is 0.313 e. The molecule has 54 valence electrons. The fourth-order valence-electron chi connectivity index (χ4n) is 0.659. The maximum absolute atomic E-state index is 10.3. The summed E-state index contributed by atoms with van der Waals surface area (Å²) in [5.41, 5.74) is 0. The van der Waals surface area contributed by atoms with Crippen LogP contribution in [0.3, 0.4) is 0 Å². The van der Waals surface area contributed by atoms with E-state index >= 15 is 0 Å². The van der Waals surface area contributed by atoms with Gasteiger partial charge in [0.1, 0.15) is 11.7 Å². The summed E-state index contributed by atoms with van der Waals surface area (Å²) in [5, 5.41) is 8.49. The Morgan fingerprint density at radius 1 is 1.80 bits per heavy atom. The molecule has 0 radical (unpaired) electrons. The Hall–Kier alpha value is -1.25. The molecule has 0 aliphatic rings. The molecule has 3 nitrogen and oxygen atoms in total. The summed E-state index contributed by atoms with van der Waals surface area (Å²) in [5.74, 6) is -0.919. The minimum Gasteiger partial charge on any atom is -0.481 e. The second-order valence-corrected chi connectivity index (χ2v) is 2.08. The van der Waals surface area contributed by atoms with Crippen molar-refractivity contribution in [2.75, 3.05) is 0 Å². The molecule has 0 aliphatic carbocycles. The van der Waals surface area contributed by atoms with Crippen molar-refractivity contribution in [1.82, 2.24) is 0 Å². The van der Waals surface area contributed by atoms with Gasteiger partial charge < -0.3 is 9.52 Å². The fraction of sp³-hybridized carbons (Fsp3) is 0.286. The van der Waals surface area contributed by atoms with E-state index in [1.165, 1.54) is 6.26 Å². The van der Waals surface area contributed by atoms with Crippen LogP contribution in [0.15, 0.2) is 22.8 Å². The predicted molar refractivity (Wildman–Crippen MR) is 34.8 cm³/mol. The number of carboxylic acid groups (broad SMARTS) is 1. The molecule has 0 aliphatic heterocycles. The first-order chi connectivity index (χ1) is 4.72. The van der Waals surface area contributed by atoms with Crippen LogP contribution in [0, 0.1) is 0 Å². The zero-order chi connectivity index (χ0) is 7.56. The molecule has 0 fully saturated rings. The minimum absolute atomic E-state index is 0.493. The molecule has 1 N–H and O–H groups in total. The van der Waals surface area contributed by atoms with Crippen molar-refractivity contribution in [3.05, 3.63) is 24.2 Å². The summed E-state index contributed by atoms with van der Waals surface area (Å²) in [6, 6.07) is 3.33. The van der Waals surface area contributed by atoms with E-state index in [-0.39, 0.29) is 0 Å². The van der Waals surface area contributed by atoms with Gasteiger partial charge in [0.15, 0.2) is 0 Å². The fourth-order valence-corrected chi connectivity index (χ4v) is 0.659. The lowest BCUT2D eigenvalue weighted by molar-refractivity contribution is -0.138. The van der Waals surface area contributed by atoms with Gasteiger partial charge in [-0.3, -0.25) is 4.79 Å². The molecule has 1 aromatic heterocycles. The number of hydrogen-bond donors (Lipinski definition) is 1.